The molecule has 2 rings (SSSR count). The SMILES string of the molecule is Cc1cc(NC(=O)c2ccccc2C(F)(F)F)cnc1Br. The molecule has 0 unspecified atom stereocenters. The van der Waals surface area contributed by atoms with Gasteiger partial charge in [-0.05, 0) is 46.6 Å². The Morgan fingerprint density at radius 2 is 1.95 bits per heavy atom. The fourth-order valence-corrected chi connectivity index (χ4v) is 1.97. The van der Waals surface area contributed by atoms with Gasteiger partial charge in [0.05, 0.1) is 23.0 Å². The van der Waals surface area contributed by atoms with Gasteiger partial charge in [0.25, 0.3) is 5.91 Å². The lowest BCUT2D eigenvalue weighted by atomic mass is 10.1. The summed E-state index contributed by atoms with van der Waals surface area (Å²) in [5.74, 6) is -0.827. The standard InChI is InChI=1S/C14H10BrF3N2O/c1-8-6-9(7-19-12(8)15)20-13(21)10-4-2-3-5-11(10)14(16,17)18/h2-7H,1H3,(H,20,21). The van der Waals surface area contributed by atoms with E-state index in [0.717, 1.165) is 17.7 Å². The number of benzene rings is 1. The number of nitrogens with one attached hydrogen (secondary N) is 1. The van der Waals surface area contributed by atoms with E-state index in [1.165, 1.54) is 18.3 Å². The average Bonchev–Trinajstić information content (AvgIpc) is 2.42. The molecule has 0 aliphatic carbocycles. The molecule has 1 heterocycles. The number of nitrogens with zero attached hydrogens (tertiary/aromatic N) is 1. The van der Waals surface area contributed by atoms with Crippen LogP contribution in [0.15, 0.2) is 41.1 Å². The summed E-state index contributed by atoms with van der Waals surface area (Å²) in [6, 6.07) is 6.25. The lowest BCUT2D eigenvalue weighted by Crippen LogP contribution is -2.18. The molecular weight excluding hydrogens is 349 g/mol. The Morgan fingerprint density at radius 3 is 2.57 bits per heavy atom. The van der Waals surface area contributed by atoms with Gasteiger partial charge < -0.3 is 5.32 Å². The van der Waals surface area contributed by atoms with Gasteiger partial charge in [0.2, 0.25) is 0 Å². The van der Waals surface area contributed by atoms with E-state index in [9.17, 15) is 18.0 Å². The summed E-state index contributed by atoms with van der Waals surface area (Å²) in [6.07, 6.45) is -3.22. The quantitative estimate of drug-likeness (QED) is 0.807. The van der Waals surface area contributed by atoms with Crippen molar-refractivity contribution in [1.82, 2.24) is 4.98 Å². The number of halogens is 4. The largest absolute Gasteiger partial charge is 0.417 e. The minimum atomic E-state index is -4.58. The molecular formula is C14H10BrF3N2O. The second-order valence-corrected chi connectivity index (χ2v) is 5.08. The molecule has 0 aliphatic rings. The molecule has 3 nitrogen and oxygen atoms in total. The summed E-state index contributed by atoms with van der Waals surface area (Å²) in [4.78, 5) is 16.0. The Labute approximate surface area is 127 Å². The normalized spacial score (nSPS) is 11.3. The number of carbonyl (C=O) groups excluding carboxylic acids is 1. The van der Waals surface area contributed by atoms with Gasteiger partial charge in [0, 0.05) is 0 Å². The summed E-state index contributed by atoms with van der Waals surface area (Å²) < 4.78 is 39.2. The summed E-state index contributed by atoms with van der Waals surface area (Å²) >= 11 is 3.21. The van der Waals surface area contributed by atoms with E-state index in [1.807, 2.05) is 0 Å². The van der Waals surface area contributed by atoms with Crippen molar-refractivity contribution in [2.24, 2.45) is 0 Å². The highest BCUT2D eigenvalue weighted by Gasteiger charge is 2.34. The van der Waals surface area contributed by atoms with E-state index in [4.69, 9.17) is 0 Å². The van der Waals surface area contributed by atoms with Crippen LogP contribution in [0.2, 0.25) is 0 Å². The van der Waals surface area contributed by atoms with Gasteiger partial charge in [-0.15, -0.1) is 0 Å². The second kappa shape index (κ2) is 5.85. The molecule has 0 atom stereocenters. The number of carbonyl (C=O) groups is 1. The molecule has 0 radical (unpaired) electrons. The van der Waals surface area contributed by atoms with Crippen molar-refractivity contribution in [2.75, 3.05) is 5.32 Å². The van der Waals surface area contributed by atoms with Gasteiger partial charge in [-0.1, -0.05) is 12.1 Å². The number of alkyl halides is 3. The van der Waals surface area contributed by atoms with E-state index < -0.39 is 23.2 Å². The average molecular weight is 359 g/mol. The predicted octanol–water partition coefficient (Wildman–Crippen LogP) is 4.42. The molecule has 1 aromatic carbocycles. The van der Waals surface area contributed by atoms with Crippen molar-refractivity contribution in [2.45, 2.75) is 13.1 Å². The zero-order valence-corrected chi connectivity index (χ0v) is 12.4. The Morgan fingerprint density at radius 1 is 1.29 bits per heavy atom. The highest BCUT2D eigenvalue weighted by Crippen LogP contribution is 2.32. The number of hydrogen-bond donors (Lipinski definition) is 1. The first-order valence-corrected chi connectivity index (χ1v) is 6.68. The summed E-state index contributed by atoms with van der Waals surface area (Å²) in [6.45, 7) is 1.76. The van der Waals surface area contributed by atoms with Gasteiger partial charge >= 0.3 is 6.18 Å². The third-order valence-corrected chi connectivity index (χ3v) is 3.58. The fraction of sp³-hybridized carbons (Fsp3) is 0.143. The number of anilines is 1. The number of pyridine rings is 1. The molecule has 21 heavy (non-hydrogen) atoms. The summed E-state index contributed by atoms with van der Waals surface area (Å²) in [5.41, 5.74) is -0.301. The molecule has 1 amide bonds. The van der Waals surface area contributed by atoms with Crippen molar-refractivity contribution in [3.63, 3.8) is 0 Å². The minimum Gasteiger partial charge on any atom is -0.321 e. The Hall–Kier alpha value is -1.89. The van der Waals surface area contributed by atoms with Crippen LogP contribution in [0.1, 0.15) is 21.5 Å². The fourth-order valence-electron chi connectivity index (χ4n) is 1.75. The van der Waals surface area contributed by atoms with E-state index in [-0.39, 0.29) is 0 Å². The smallest absolute Gasteiger partial charge is 0.321 e. The van der Waals surface area contributed by atoms with Gasteiger partial charge in [-0.25, -0.2) is 4.98 Å². The zero-order valence-electron chi connectivity index (χ0n) is 10.8. The molecule has 0 saturated heterocycles. The molecule has 0 aliphatic heterocycles. The number of amides is 1. The Bertz CT molecular complexity index is 686. The molecule has 7 heteroatoms. The van der Waals surface area contributed by atoms with E-state index in [2.05, 4.69) is 26.2 Å². The van der Waals surface area contributed by atoms with E-state index in [0.29, 0.717) is 10.3 Å². The van der Waals surface area contributed by atoms with Crippen molar-refractivity contribution < 1.29 is 18.0 Å². The highest BCUT2D eigenvalue weighted by molar-refractivity contribution is 9.10. The monoisotopic (exact) mass is 358 g/mol. The van der Waals surface area contributed by atoms with Crippen LogP contribution in [0.3, 0.4) is 0 Å². The van der Waals surface area contributed by atoms with Crippen LogP contribution >= 0.6 is 15.9 Å². The van der Waals surface area contributed by atoms with Crippen LogP contribution in [0.4, 0.5) is 18.9 Å². The summed E-state index contributed by atoms with van der Waals surface area (Å²) in [5, 5.41) is 2.42. The molecule has 2 aromatic rings. The Kier molecular flexibility index (Phi) is 4.32. The lowest BCUT2D eigenvalue weighted by Gasteiger charge is -2.12. The molecule has 0 bridgehead atoms. The van der Waals surface area contributed by atoms with Crippen LogP contribution in [0, 0.1) is 6.92 Å². The van der Waals surface area contributed by atoms with Crippen LogP contribution in [-0.4, -0.2) is 10.9 Å². The lowest BCUT2D eigenvalue weighted by molar-refractivity contribution is -0.137. The van der Waals surface area contributed by atoms with Gasteiger partial charge in [0.15, 0.2) is 0 Å². The van der Waals surface area contributed by atoms with Gasteiger partial charge in [-0.3, -0.25) is 4.79 Å². The maximum Gasteiger partial charge on any atom is 0.417 e. The van der Waals surface area contributed by atoms with Crippen LogP contribution in [-0.2, 0) is 6.18 Å². The van der Waals surface area contributed by atoms with Gasteiger partial charge in [0.1, 0.15) is 4.60 Å². The van der Waals surface area contributed by atoms with Crippen molar-refractivity contribution in [3.05, 3.63) is 57.8 Å². The number of aromatic nitrogens is 1. The molecule has 0 saturated carbocycles. The van der Waals surface area contributed by atoms with Crippen LogP contribution in [0.25, 0.3) is 0 Å². The number of rotatable bonds is 2. The van der Waals surface area contributed by atoms with Crippen molar-refractivity contribution >= 4 is 27.5 Å². The molecule has 1 aromatic heterocycles. The van der Waals surface area contributed by atoms with Crippen molar-refractivity contribution in [1.29, 1.82) is 0 Å². The van der Waals surface area contributed by atoms with E-state index in [1.54, 1.807) is 13.0 Å². The first-order valence-electron chi connectivity index (χ1n) is 5.89. The first kappa shape index (κ1) is 15.5. The van der Waals surface area contributed by atoms with Crippen molar-refractivity contribution in [3.8, 4) is 0 Å². The topological polar surface area (TPSA) is 42.0 Å². The van der Waals surface area contributed by atoms with Crippen LogP contribution in [0.5, 0.6) is 0 Å². The maximum atomic E-state index is 12.9. The van der Waals surface area contributed by atoms with Crippen LogP contribution < -0.4 is 5.32 Å². The number of hydrogen-bond acceptors (Lipinski definition) is 2. The third kappa shape index (κ3) is 3.60. The maximum absolute atomic E-state index is 12.9. The molecule has 0 spiro atoms. The summed E-state index contributed by atoms with van der Waals surface area (Å²) in [7, 11) is 0. The third-order valence-electron chi connectivity index (χ3n) is 2.75. The first-order chi connectivity index (χ1) is 9.79. The highest BCUT2D eigenvalue weighted by atomic mass is 79.9. The Balaban J connectivity index is 2.31. The molecule has 0 fully saturated rings. The second-order valence-electron chi connectivity index (χ2n) is 4.33. The molecule has 110 valence electrons. The molecule has 1 N–H and O–H groups in total. The number of aryl methyl sites for hydroxylation is 1. The van der Waals surface area contributed by atoms with Gasteiger partial charge in [-0.2, -0.15) is 13.2 Å². The zero-order chi connectivity index (χ0) is 15.6. The van der Waals surface area contributed by atoms with E-state index >= 15 is 0 Å². The predicted molar refractivity (Wildman–Crippen MR) is 76.1 cm³/mol. The minimum absolute atomic E-state index is 0.331.